The summed E-state index contributed by atoms with van der Waals surface area (Å²) < 4.78 is 82.7. The lowest BCUT2D eigenvalue weighted by Crippen LogP contribution is -2.51. The highest BCUT2D eigenvalue weighted by Crippen LogP contribution is 2.27. The molecule has 2 aromatic carbocycles. The molecule has 0 bridgehead atoms. The van der Waals surface area contributed by atoms with Crippen molar-refractivity contribution in [2.45, 2.75) is 32.3 Å². The Morgan fingerprint density at radius 3 is 2.40 bits per heavy atom. The van der Waals surface area contributed by atoms with Crippen LogP contribution in [0.5, 0.6) is 0 Å². The minimum absolute atomic E-state index is 0.111. The van der Waals surface area contributed by atoms with Gasteiger partial charge in [0.25, 0.3) is 0 Å². The summed E-state index contributed by atoms with van der Waals surface area (Å²) in [5.74, 6) is -0.550. The molecule has 9 heteroatoms. The molecule has 0 saturated heterocycles. The molecular weight excluding hydrogens is 410 g/mol. The number of hydrazine groups is 1. The van der Waals surface area contributed by atoms with Crippen molar-refractivity contribution >= 4 is 12.1 Å². The Bertz CT molecular complexity index is 1060. The van der Waals surface area contributed by atoms with Gasteiger partial charge >= 0.3 is 12.4 Å². The second-order valence-corrected chi connectivity index (χ2v) is 6.96. The smallest absolute Gasteiger partial charge is 0.425 e. The van der Waals surface area contributed by atoms with Gasteiger partial charge in [0, 0.05) is 16.6 Å². The largest absolute Gasteiger partial charge is 0.465 e. The minimum Gasteiger partial charge on any atom is -0.465 e. The van der Waals surface area contributed by atoms with Gasteiger partial charge in [0.15, 0.2) is 6.10 Å². The van der Waals surface area contributed by atoms with Gasteiger partial charge in [-0.3, -0.25) is 0 Å². The van der Waals surface area contributed by atoms with Crippen molar-refractivity contribution in [3.63, 3.8) is 0 Å². The van der Waals surface area contributed by atoms with E-state index in [9.17, 15) is 26.3 Å². The van der Waals surface area contributed by atoms with Gasteiger partial charge in [-0.2, -0.15) is 26.3 Å². The number of nitrogens with zero attached hydrogens (tertiary/aromatic N) is 1. The first-order valence-corrected chi connectivity index (χ1v) is 8.90. The zero-order valence-corrected chi connectivity index (χ0v) is 16.0. The van der Waals surface area contributed by atoms with Gasteiger partial charge in [0.05, 0.1) is 0 Å². The molecule has 1 atom stereocenters. The SMILES string of the molecule is [CH]c1ccc(C)c(-c2ccc3c(c2)=CNN(CC(F)(F)F)C=3O[C@H](C)C(F)(F)F)c1. The average molecular weight is 428 g/mol. The zero-order valence-electron chi connectivity index (χ0n) is 16.0. The molecule has 0 aromatic heterocycles. The monoisotopic (exact) mass is 428 g/mol. The number of aryl methyl sites for hydroxylation is 1. The number of alkyl halides is 6. The summed E-state index contributed by atoms with van der Waals surface area (Å²) in [7, 11) is 0. The molecule has 2 radical (unpaired) electrons. The third kappa shape index (κ3) is 4.83. The molecule has 0 fully saturated rings. The van der Waals surface area contributed by atoms with Crippen molar-refractivity contribution in [1.82, 2.24) is 10.4 Å². The summed E-state index contributed by atoms with van der Waals surface area (Å²) in [5, 5.41) is 1.01. The number of halogens is 6. The van der Waals surface area contributed by atoms with Crippen LogP contribution in [0.1, 0.15) is 18.1 Å². The molecule has 3 rings (SSSR count). The molecule has 0 aliphatic carbocycles. The fourth-order valence-electron chi connectivity index (χ4n) is 3.00. The van der Waals surface area contributed by atoms with E-state index in [0.717, 1.165) is 18.1 Å². The van der Waals surface area contributed by atoms with Crippen molar-refractivity contribution in [3.05, 3.63) is 64.9 Å². The first-order valence-electron chi connectivity index (χ1n) is 8.90. The lowest BCUT2D eigenvalue weighted by molar-refractivity contribution is -0.203. The van der Waals surface area contributed by atoms with Gasteiger partial charge in [-0.25, -0.2) is 5.01 Å². The van der Waals surface area contributed by atoms with Crippen LogP contribution >= 0.6 is 0 Å². The Hall–Kier alpha value is -2.84. The number of rotatable bonds is 4. The summed E-state index contributed by atoms with van der Waals surface area (Å²) in [4.78, 5) is 0. The highest BCUT2D eigenvalue weighted by molar-refractivity contribution is 5.69. The van der Waals surface area contributed by atoms with E-state index in [-0.39, 0.29) is 5.22 Å². The van der Waals surface area contributed by atoms with Crippen LogP contribution < -0.4 is 15.9 Å². The van der Waals surface area contributed by atoms with Crippen molar-refractivity contribution in [2.75, 3.05) is 6.54 Å². The highest BCUT2D eigenvalue weighted by Gasteiger charge is 2.41. The molecule has 0 unspecified atom stereocenters. The first kappa shape index (κ1) is 21.9. The third-order valence-electron chi connectivity index (χ3n) is 4.56. The predicted octanol–water partition coefficient (Wildman–Crippen LogP) is 3.87. The highest BCUT2D eigenvalue weighted by atomic mass is 19.4. The quantitative estimate of drug-likeness (QED) is 0.749. The Labute approximate surface area is 169 Å². The van der Waals surface area contributed by atoms with E-state index in [1.165, 1.54) is 12.3 Å². The zero-order chi connectivity index (χ0) is 22.3. The van der Waals surface area contributed by atoms with Crippen LogP contribution in [0.25, 0.3) is 23.2 Å². The topological polar surface area (TPSA) is 24.5 Å². The maximum absolute atomic E-state index is 13.0. The lowest BCUT2D eigenvalue weighted by Gasteiger charge is -2.32. The van der Waals surface area contributed by atoms with E-state index in [2.05, 4.69) is 5.43 Å². The number of ether oxygens (including phenoxy) is 1. The summed E-state index contributed by atoms with van der Waals surface area (Å²) >= 11 is 0. The molecular formula is C21H18F6N2O. The fourth-order valence-corrected chi connectivity index (χ4v) is 3.00. The van der Waals surface area contributed by atoms with Crippen LogP contribution in [-0.4, -0.2) is 30.0 Å². The van der Waals surface area contributed by atoms with Gasteiger partial charge in [-0.1, -0.05) is 24.3 Å². The molecule has 2 aromatic rings. The van der Waals surface area contributed by atoms with Gasteiger partial charge < -0.3 is 10.2 Å². The van der Waals surface area contributed by atoms with Crippen LogP contribution in [0, 0.1) is 13.8 Å². The molecule has 0 amide bonds. The molecule has 160 valence electrons. The first-order chi connectivity index (χ1) is 13.8. The Morgan fingerprint density at radius 2 is 1.77 bits per heavy atom. The second kappa shape index (κ2) is 7.77. The van der Waals surface area contributed by atoms with Crippen molar-refractivity contribution in [2.24, 2.45) is 0 Å². The molecule has 1 N–H and O–H groups in total. The molecule has 1 heterocycles. The fraction of sp³-hybridized carbons (Fsp3) is 0.286. The van der Waals surface area contributed by atoms with Crippen LogP contribution in [0.4, 0.5) is 26.3 Å². The van der Waals surface area contributed by atoms with Crippen LogP contribution in [0.2, 0.25) is 0 Å². The van der Waals surface area contributed by atoms with Crippen LogP contribution in [0.3, 0.4) is 0 Å². The molecule has 1 aliphatic rings. The van der Waals surface area contributed by atoms with E-state index < -0.39 is 30.9 Å². The summed E-state index contributed by atoms with van der Waals surface area (Å²) in [5.41, 5.74) is 5.33. The number of fused-ring (bicyclic) bond motifs is 1. The number of nitrogens with one attached hydrogen (secondary N) is 1. The van der Waals surface area contributed by atoms with Gasteiger partial charge in [-0.15, -0.1) is 0 Å². The average Bonchev–Trinajstić information content (AvgIpc) is 2.63. The van der Waals surface area contributed by atoms with Gasteiger partial charge in [-0.05, 0) is 55.2 Å². The Balaban J connectivity index is 2.13. The summed E-state index contributed by atoms with van der Waals surface area (Å²) in [6.07, 6.45) is -10.4. The molecule has 3 nitrogen and oxygen atoms in total. The van der Waals surface area contributed by atoms with E-state index in [0.29, 0.717) is 21.4 Å². The van der Waals surface area contributed by atoms with E-state index in [4.69, 9.17) is 11.7 Å². The Kier molecular flexibility index (Phi) is 5.66. The van der Waals surface area contributed by atoms with Crippen LogP contribution in [0.15, 0.2) is 36.4 Å². The van der Waals surface area contributed by atoms with Crippen molar-refractivity contribution < 1.29 is 31.1 Å². The number of hydrogen-bond acceptors (Lipinski definition) is 3. The van der Waals surface area contributed by atoms with E-state index in [1.807, 2.05) is 13.0 Å². The number of hydrogen-bond donors (Lipinski definition) is 1. The lowest BCUT2D eigenvalue weighted by atomic mass is 9.97. The normalized spacial score (nSPS) is 15.2. The molecule has 1 aliphatic heterocycles. The van der Waals surface area contributed by atoms with Crippen LogP contribution in [-0.2, 0) is 4.74 Å². The standard InChI is InChI=1S/C21H18F6N2O/c1-12-4-5-13(2)18(8-12)15-6-7-17-16(9-15)10-28-29(11-20(22,23)24)19(17)30-14(3)21(25,26)27/h1,4-10,14,28H,11H2,2-3H3/t14-/m1/s1. The van der Waals surface area contributed by atoms with Crippen molar-refractivity contribution in [3.8, 4) is 11.1 Å². The predicted molar refractivity (Wildman–Crippen MR) is 99.6 cm³/mol. The number of benzene rings is 2. The van der Waals surface area contributed by atoms with Crippen molar-refractivity contribution in [1.29, 1.82) is 0 Å². The molecule has 0 saturated carbocycles. The van der Waals surface area contributed by atoms with E-state index >= 15 is 0 Å². The van der Waals surface area contributed by atoms with Gasteiger partial charge in [0.1, 0.15) is 6.54 Å². The minimum atomic E-state index is -4.74. The summed E-state index contributed by atoms with van der Waals surface area (Å²) in [6.45, 7) is 6.91. The molecule has 0 spiro atoms. The Morgan fingerprint density at radius 1 is 1.07 bits per heavy atom. The van der Waals surface area contributed by atoms with Gasteiger partial charge in [0.2, 0.25) is 5.88 Å². The third-order valence-corrected chi connectivity index (χ3v) is 4.56. The summed E-state index contributed by atoms with van der Waals surface area (Å²) in [6, 6.07) is 9.99. The maximum atomic E-state index is 13.0. The maximum Gasteiger partial charge on any atom is 0.425 e. The molecule has 30 heavy (non-hydrogen) atoms. The second-order valence-electron chi connectivity index (χ2n) is 6.96. The van der Waals surface area contributed by atoms with E-state index in [1.54, 1.807) is 24.3 Å².